The van der Waals surface area contributed by atoms with Gasteiger partial charge in [0.15, 0.2) is 0 Å². The van der Waals surface area contributed by atoms with Crippen molar-refractivity contribution in [3.63, 3.8) is 0 Å². The fourth-order valence-electron chi connectivity index (χ4n) is 4.24. The molecule has 0 aromatic heterocycles. The topological polar surface area (TPSA) is 126 Å². The van der Waals surface area contributed by atoms with Crippen LogP contribution in [0.4, 0.5) is 13.6 Å². The van der Waals surface area contributed by atoms with E-state index >= 15 is 0 Å². The Labute approximate surface area is 229 Å². The van der Waals surface area contributed by atoms with E-state index in [2.05, 4.69) is 28.9 Å². The quantitative estimate of drug-likeness (QED) is 0.205. The zero-order valence-corrected chi connectivity index (χ0v) is 23.0. The number of benzene rings is 2. The van der Waals surface area contributed by atoms with Gasteiger partial charge in [-0.2, -0.15) is 0 Å². The van der Waals surface area contributed by atoms with Crippen LogP contribution in [0.15, 0.2) is 42.5 Å². The monoisotopic (exact) mass is 548 g/mol. The summed E-state index contributed by atoms with van der Waals surface area (Å²) in [5.74, 6) is -2.21. The van der Waals surface area contributed by atoms with Gasteiger partial charge in [0.1, 0.15) is 23.8 Å². The van der Waals surface area contributed by atoms with Crippen LogP contribution in [0.5, 0.6) is 0 Å². The number of esters is 1. The summed E-state index contributed by atoms with van der Waals surface area (Å²) in [6.07, 6.45) is 1.33. The third-order valence-electron chi connectivity index (χ3n) is 6.43. The fourth-order valence-corrected chi connectivity index (χ4v) is 4.24. The van der Waals surface area contributed by atoms with Crippen molar-refractivity contribution in [3.8, 4) is 0 Å². The molecular formula is C29H42F2N4O4. The minimum absolute atomic E-state index is 0.0272. The molecule has 2 aromatic rings. The van der Waals surface area contributed by atoms with Crippen molar-refractivity contribution in [1.29, 1.82) is 0 Å². The Kier molecular flexibility index (Phi) is 13.8. The van der Waals surface area contributed by atoms with Gasteiger partial charge >= 0.3 is 12.0 Å². The van der Waals surface area contributed by atoms with Gasteiger partial charge in [0.05, 0.1) is 6.10 Å². The first-order chi connectivity index (χ1) is 18.6. The second-order valence-corrected chi connectivity index (χ2v) is 9.73. The molecule has 2 amide bonds. The lowest BCUT2D eigenvalue weighted by molar-refractivity contribution is -0.153. The lowest BCUT2D eigenvalue weighted by Crippen LogP contribution is -2.51. The smallest absolute Gasteiger partial charge is 0.329 e. The van der Waals surface area contributed by atoms with Crippen molar-refractivity contribution in [2.45, 2.75) is 83.2 Å². The average molecular weight is 549 g/mol. The predicted octanol–water partition coefficient (Wildman–Crippen LogP) is 3.34. The van der Waals surface area contributed by atoms with Crippen LogP contribution in [0, 0.1) is 11.6 Å². The lowest BCUT2D eigenvalue weighted by Gasteiger charge is -2.28. The van der Waals surface area contributed by atoms with E-state index in [1.165, 1.54) is 24.7 Å². The molecule has 0 saturated heterocycles. The number of urea groups is 1. The maximum atomic E-state index is 13.8. The van der Waals surface area contributed by atoms with Gasteiger partial charge in [-0.25, -0.2) is 18.4 Å². The number of halogens is 2. The zero-order chi connectivity index (χ0) is 28.8. The molecule has 10 heteroatoms. The van der Waals surface area contributed by atoms with Gasteiger partial charge in [-0.3, -0.25) is 0 Å². The van der Waals surface area contributed by atoms with Crippen molar-refractivity contribution in [3.05, 3.63) is 70.8 Å². The molecule has 0 radical (unpaired) electrons. The van der Waals surface area contributed by atoms with Crippen LogP contribution in [0.1, 0.15) is 56.2 Å². The third kappa shape index (κ3) is 11.7. The minimum atomic E-state index is -1.11. The molecule has 0 aliphatic rings. The van der Waals surface area contributed by atoms with Crippen molar-refractivity contribution in [2.75, 3.05) is 13.6 Å². The Balaban J connectivity index is 2.18. The molecule has 0 heterocycles. The highest BCUT2D eigenvalue weighted by molar-refractivity contribution is 5.83. The molecule has 1 unspecified atom stereocenters. The molecule has 0 saturated carbocycles. The number of amides is 2. The number of aliphatic hydroxyl groups is 1. The molecule has 0 bridgehead atoms. The first-order valence-electron chi connectivity index (χ1n) is 13.5. The van der Waals surface area contributed by atoms with Crippen LogP contribution < -0.4 is 21.7 Å². The van der Waals surface area contributed by atoms with Gasteiger partial charge in [-0.1, -0.05) is 51.0 Å². The first-order valence-corrected chi connectivity index (χ1v) is 13.5. The number of hydrogen-bond acceptors (Lipinski definition) is 6. The number of unbranched alkanes of at least 4 members (excludes halogenated alkanes) is 1. The van der Waals surface area contributed by atoms with E-state index in [0.29, 0.717) is 18.5 Å². The number of nitrogens with one attached hydrogen (secondary N) is 3. The second-order valence-electron chi connectivity index (χ2n) is 9.73. The molecule has 39 heavy (non-hydrogen) atoms. The summed E-state index contributed by atoms with van der Waals surface area (Å²) in [6.45, 7) is 4.70. The van der Waals surface area contributed by atoms with Crippen molar-refractivity contribution in [2.24, 2.45) is 5.73 Å². The van der Waals surface area contributed by atoms with Gasteiger partial charge < -0.3 is 31.5 Å². The summed E-state index contributed by atoms with van der Waals surface area (Å²) < 4.78 is 33.3. The molecule has 0 fully saturated rings. The predicted molar refractivity (Wildman–Crippen MR) is 147 cm³/mol. The highest BCUT2D eigenvalue weighted by Crippen LogP contribution is 2.15. The van der Waals surface area contributed by atoms with Crippen molar-refractivity contribution in [1.82, 2.24) is 16.0 Å². The Morgan fingerprint density at radius 2 is 1.74 bits per heavy atom. The summed E-state index contributed by atoms with van der Waals surface area (Å²) in [5, 5.41) is 18.6. The first kappa shape index (κ1) is 32.1. The number of hydrogen-bond donors (Lipinski definition) is 5. The van der Waals surface area contributed by atoms with E-state index in [0.717, 1.165) is 30.9 Å². The number of aryl methyl sites for hydroxylation is 1. The molecule has 2 rings (SSSR count). The van der Waals surface area contributed by atoms with Crippen molar-refractivity contribution < 1.29 is 28.2 Å². The largest absolute Gasteiger partial charge is 0.458 e. The van der Waals surface area contributed by atoms with Crippen LogP contribution in [0.2, 0.25) is 0 Å². The Morgan fingerprint density at radius 1 is 1.05 bits per heavy atom. The number of aliphatic hydroxyl groups excluding tert-OH is 1. The Bertz CT molecular complexity index is 1040. The Morgan fingerprint density at radius 3 is 2.38 bits per heavy atom. The highest BCUT2D eigenvalue weighted by Gasteiger charge is 2.30. The molecular weight excluding hydrogens is 506 g/mol. The number of carbonyl (C=O) groups excluding carboxylic acids is 2. The van der Waals surface area contributed by atoms with Gasteiger partial charge in [-0.05, 0) is 48.1 Å². The standard InChI is InChI=1S/C29H42F2N4O4/c1-4-6-10-24(36)16-26(35-29(38)33-3)28(37)39-27(18-34-17-20-9-7-8-19(5-2)11-20)25(32)14-21-12-22(30)15-23(31)13-21/h7-9,11-13,15,24-27,34,36H,4-6,10,14,16-18,32H2,1-3H3,(H2,33,35,38)/t24?,25-,26+,27+/m0/s1. The van der Waals surface area contributed by atoms with Crippen LogP contribution in [0.3, 0.4) is 0 Å². The van der Waals surface area contributed by atoms with E-state index in [1.807, 2.05) is 25.1 Å². The lowest BCUT2D eigenvalue weighted by atomic mass is 10.0. The van der Waals surface area contributed by atoms with Gasteiger partial charge in [0.25, 0.3) is 0 Å². The van der Waals surface area contributed by atoms with Gasteiger partial charge in [0, 0.05) is 38.7 Å². The molecule has 8 nitrogen and oxygen atoms in total. The molecule has 216 valence electrons. The number of rotatable bonds is 16. The number of carbonyl (C=O) groups is 2. The van der Waals surface area contributed by atoms with Crippen molar-refractivity contribution >= 4 is 12.0 Å². The minimum Gasteiger partial charge on any atom is -0.458 e. The van der Waals surface area contributed by atoms with Gasteiger partial charge in [-0.15, -0.1) is 0 Å². The fraction of sp³-hybridized carbons (Fsp3) is 0.517. The molecule has 2 aromatic carbocycles. The normalized spacial score (nSPS) is 14.2. The number of nitrogens with two attached hydrogens (primary N) is 1. The zero-order valence-electron chi connectivity index (χ0n) is 23.0. The summed E-state index contributed by atoms with van der Waals surface area (Å²) >= 11 is 0. The van der Waals surface area contributed by atoms with E-state index in [-0.39, 0.29) is 19.4 Å². The molecule has 0 aliphatic carbocycles. The SMILES string of the molecule is CCCCC(O)C[C@@H](NC(=O)NC)C(=O)O[C@H](CNCc1cccc(CC)c1)[C@@H](N)Cc1cc(F)cc(F)c1. The summed E-state index contributed by atoms with van der Waals surface area (Å²) in [6, 6.07) is 8.69. The summed E-state index contributed by atoms with van der Waals surface area (Å²) in [4.78, 5) is 25.2. The van der Waals surface area contributed by atoms with Gasteiger partial charge in [0.2, 0.25) is 0 Å². The summed E-state index contributed by atoms with van der Waals surface area (Å²) in [7, 11) is 1.42. The second kappa shape index (κ2) is 16.8. The van der Waals surface area contributed by atoms with E-state index < -0.39 is 47.9 Å². The maximum Gasteiger partial charge on any atom is 0.329 e. The van der Waals surface area contributed by atoms with Crippen LogP contribution in [0.25, 0.3) is 0 Å². The Hall–Kier alpha value is -3.08. The summed E-state index contributed by atoms with van der Waals surface area (Å²) in [5.41, 5.74) is 8.96. The molecule has 0 aliphatic heterocycles. The number of ether oxygens (including phenoxy) is 1. The molecule has 0 spiro atoms. The van der Waals surface area contributed by atoms with Crippen LogP contribution in [-0.2, 0) is 28.9 Å². The van der Waals surface area contributed by atoms with Crippen LogP contribution >= 0.6 is 0 Å². The average Bonchev–Trinajstić information content (AvgIpc) is 2.90. The molecule has 4 atom stereocenters. The van der Waals surface area contributed by atoms with E-state index in [1.54, 1.807) is 0 Å². The third-order valence-corrected chi connectivity index (χ3v) is 6.43. The molecule has 6 N–H and O–H groups in total. The van der Waals surface area contributed by atoms with E-state index in [9.17, 15) is 23.5 Å². The van der Waals surface area contributed by atoms with E-state index in [4.69, 9.17) is 10.5 Å². The highest BCUT2D eigenvalue weighted by atomic mass is 19.1. The van der Waals surface area contributed by atoms with Crippen LogP contribution in [-0.4, -0.2) is 55.0 Å². The maximum absolute atomic E-state index is 13.8.